The molecule has 0 amide bonds. The van der Waals surface area contributed by atoms with Crippen molar-refractivity contribution in [1.82, 2.24) is 9.97 Å². The van der Waals surface area contributed by atoms with Crippen LogP contribution in [0.15, 0.2) is 6.33 Å². The van der Waals surface area contributed by atoms with Crippen LogP contribution in [0.25, 0.3) is 0 Å². The first-order valence-corrected chi connectivity index (χ1v) is 6.76. The lowest BCUT2D eigenvalue weighted by Gasteiger charge is -2.31. The van der Waals surface area contributed by atoms with E-state index in [4.69, 9.17) is 4.74 Å². The van der Waals surface area contributed by atoms with Crippen molar-refractivity contribution < 1.29 is 4.74 Å². The van der Waals surface area contributed by atoms with E-state index in [1.54, 1.807) is 6.33 Å². The zero-order chi connectivity index (χ0) is 13.1. The van der Waals surface area contributed by atoms with E-state index in [1.165, 1.54) is 6.42 Å². The third-order valence-electron chi connectivity index (χ3n) is 3.69. The van der Waals surface area contributed by atoms with Crippen LogP contribution in [0.1, 0.15) is 38.7 Å². The fourth-order valence-electron chi connectivity index (χ4n) is 2.93. The molecule has 1 saturated carbocycles. The van der Waals surface area contributed by atoms with E-state index in [2.05, 4.69) is 29.1 Å². The molecule has 1 aliphatic carbocycles. The van der Waals surface area contributed by atoms with Gasteiger partial charge in [0.15, 0.2) is 0 Å². The molecule has 1 fully saturated rings. The number of anilines is 1. The summed E-state index contributed by atoms with van der Waals surface area (Å²) in [6, 6.07) is 0. The maximum atomic E-state index is 6.08. The topological polar surface area (TPSA) is 47.0 Å². The first-order chi connectivity index (χ1) is 8.60. The molecule has 0 radical (unpaired) electrons. The Morgan fingerprint density at radius 2 is 1.83 bits per heavy atom. The molecule has 2 rings (SSSR count). The molecule has 100 valence electrons. The zero-order valence-electron chi connectivity index (χ0n) is 11.7. The van der Waals surface area contributed by atoms with Gasteiger partial charge in [0, 0.05) is 7.05 Å². The number of rotatable bonds is 3. The molecule has 4 heteroatoms. The minimum atomic E-state index is 0.294. The fraction of sp³-hybridized carbons (Fsp3) is 0.714. The highest BCUT2D eigenvalue weighted by molar-refractivity contribution is 5.46. The number of hydrogen-bond acceptors (Lipinski definition) is 4. The molecular formula is C14H23N3O. The monoisotopic (exact) mass is 249 g/mol. The largest absolute Gasteiger partial charge is 0.474 e. The second-order valence-electron chi connectivity index (χ2n) is 5.56. The summed E-state index contributed by atoms with van der Waals surface area (Å²) in [6.45, 7) is 6.60. The Bertz CT molecular complexity index is 398. The minimum Gasteiger partial charge on any atom is -0.474 e. The lowest BCUT2D eigenvalue weighted by atomic mass is 9.82. The molecule has 1 N–H and O–H groups in total. The number of hydrogen-bond donors (Lipinski definition) is 1. The second-order valence-corrected chi connectivity index (χ2v) is 5.56. The number of aromatic nitrogens is 2. The van der Waals surface area contributed by atoms with Crippen molar-refractivity contribution in [3.63, 3.8) is 0 Å². The average molecular weight is 249 g/mol. The molecule has 0 aliphatic heterocycles. The summed E-state index contributed by atoms with van der Waals surface area (Å²) < 4.78 is 6.08. The van der Waals surface area contributed by atoms with Crippen LogP contribution in [0.3, 0.4) is 0 Å². The van der Waals surface area contributed by atoms with Crippen LogP contribution in [-0.4, -0.2) is 23.1 Å². The summed E-state index contributed by atoms with van der Waals surface area (Å²) in [7, 11) is 1.86. The van der Waals surface area contributed by atoms with Crippen LogP contribution < -0.4 is 10.1 Å². The van der Waals surface area contributed by atoms with Crippen molar-refractivity contribution in [3.05, 3.63) is 11.9 Å². The van der Waals surface area contributed by atoms with E-state index >= 15 is 0 Å². The molecule has 1 aromatic rings. The summed E-state index contributed by atoms with van der Waals surface area (Å²) in [5.41, 5.74) is 0.992. The van der Waals surface area contributed by atoms with Crippen molar-refractivity contribution >= 4 is 5.82 Å². The highest BCUT2D eigenvalue weighted by atomic mass is 16.5. The average Bonchev–Trinajstić information content (AvgIpc) is 2.30. The van der Waals surface area contributed by atoms with Gasteiger partial charge in [-0.3, -0.25) is 0 Å². The molecule has 0 spiro atoms. The Hall–Kier alpha value is -1.32. The quantitative estimate of drug-likeness (QED) is 0.894. The smallest absolute Gasteiger partial charge is 0.221 e. The Balaban J connectivity index is 2.09. The first kappa shape index (κ1) is 13.1. The number of ether oxygens (including phenoxy) is 1. The van der Waals surface area contributed by atoms with Crippen LogP contribution in [-0.2, 0) is 0 Å². The summed E-state index contributed by atoms with van der Waals surface area (Å²) in [5, 5.41) is 3.06. The van der Waals surface area contributed by atoms with Crippen LogP contribution in [0, 0.1) is 18.8 Å². The van der Waals surface area contributed by atoms with E-state index in [-0.39, 0.29) is 0 Å². The Labute approximate surface area is 109 Å². The molecule has 18 heavy (non-hydrogen) atoms. The number of nitrogens with one attached hydrogen (secondary N) is 1. The first-order valence-electron chi connectivity index (χ1n) is 6.76. The van der Waals surface area contributed by atoms with Gasteiger partial charge in [0.1, 0.15) is 18.2 Å². The molecule has 4 nitrogen and oxygen atoms in total. The van der Waals surface area contributed by atoms with E-state index in [9.17, 15) is 0 Å². The standard InChI is InChI=1S/C14H23N3O/c1-9-5-10(2)7-12(6-9)18-14-11(3)13(15-4)16-8-17-14/h8-10,12H,5-7H2,1-4H3,(H,15,16,17). The summed E-state index contributed by atoms with van der Waals surface area (Å²) in [5.74, 6) is 3.05. The molecular weight excluding hydrogens is 226 g/mol. The normalized spacial score (nSPS) is 27.9. The molecule has 0 aromatic carbocycles. The van der Waals surface area contributed by atoms with E-state index in [0.29, 0.717) is 6.10 Å². The Morgan fingerprint density at radius 1 is 1.17 bits per heavy atom. The predicted molar refractivity (Wildman–Crippen MR) is 72.9 cm³/mol. The van der Waals surface area contributed by atoms with Crippen molar-refractivity contribution in [2.45, 2.75) is 46.1 Å². The van der Waals surface area contributed by atoms with Gasteiger partial charge in [-0.2, -0.15) is 0 Å². The van der Waals surface area contributed by atoms with Gasteiger partial charge in [-0.05, 0) is 38.0 Å². The third-order valence-corrected chi connectivity index (χ3v) is 3.69. The molecule has 2 atom stereocenters. The van der Waals surface area contributed by atoms with Crippen LogP contribution in [0.2, 0.25) is 0 Å². The van der Waals surface area contributed by atoms with Crippen LogP contribution in [0.5, 0.6) is 5.88 Å². The van der Waals surface area contributed by atoms with Crippen molar-refractivity contribution in [1.29, 1.82) is 0 Å². The minimum absolute atomic E-state index is 0.294. The summed E-state index contributed by atoms with van der Waals surface area (Å²) >= 11 is 0. The Morgan fingerprint density at radius 3 is 2.44 bits per heavy atom. The van der Waals surface area contributed by atoms with Gasteiger partial charge in [-0.25, -0.2) is 9.97 Å². The molecule has 0 bridgehead atoms. The predicted octanol–water partition coefficient (Wildman–Crippen LogP) is 3.03. The van der Waals surface area contributed by atoms with Gasteiger partial charge in [0.25, 0.3) is 0 Å². The van der Waals surface area contributed by atoms with E-state index in [1.807, 2.05) is 14.0 Å². The van der Waals surface area contributed by atoms with Gasteiger partial charge in [0.05, 0.1) is 5.56 Å². The Kier molecular flexibility index (Phi) is 4.04. The highest BCUT2D eigenvalue weighted by Gasteiger charge is 2.26. The third kappa shape index (κ3) is 2.92. The highest BCUT2D eigenvalue weighted by Crippen LogP contribution is 2.32. The SMILES string of the molecule is CNc1ncnc(OC2CC(C)CC(C)C2)c1C. The van der Waals surface area contributed by atoms with Gasteiger partial charge < -0.3 is 10.1 Å². The maximum Gasteiger partial charge on any atom is 0.221 e. The molecule has 1 aliphatic rings. The second kappa shape index (κ2) is 5.55. The molecule has 1 aromatic heterocycles. The summed E-state index contributed by atoms with van der Waals surface area (Å²) in [4.78, 5) is 8.44. The lowest BCUT2D eigenvalue weighted by molar-refractivity contribution is 0.0959. The molecule has 2 unspecified atom stereocenters. The fourth-order valence-corrected chi connectivity index (χ4v) is 2.93. The molecule has 1 heterocycles. The zero-order valence-corrected chi connectivity index (χ0v) is 11.7. The van der Waals surface area contributed by atoms with Crippen molar-refractivity contribution in [2.75, 3.05) is 12.4 Å². The van der Waals surface area contributed by atoms with Crippen LogP contribution in [0.4, 0.5) is 5.82 Å². The van der Waals surface area contributed by atoms with Gasteiger partial charge in [-0.15, -0.1) is 0 Å². The molecule has 0 saturated heterocycles. The lowest BCUT2D eigenvalue weighted by Crippen LogP contribution is -2.29. The van der Waals surface area contributed by atoms with E-state index in [0.717, 1.165) is 41.9 Å². The summed E-state index contributed by atoms with van der Waals surface area (Å²) in [6.07, 6.45) is 5.42. The van der Waals surface area contributed by atoms with Crippen molar-refractivity contribution in [3.8, 4) is 5.88 Å². The van der Waals surface area contributed by atoms with Gasteiger partial charge in [0.2, 0.25) is 5.88 Å². The van der Waals surface area contributed by atoms with Gasteiger partial charge >= 0.3 is 0 Å². The number of nitrogens with zero attached hydrogens (tertiary/aromatic N) is 2. The van der Waals surface area contributed by atoms with Gasteiger partial charge in [-0.1, -0.05) is 13.8 Å². The van der Waals surface area contributed by atoms with E-state index < -0.39 is 0 Å². The van der Waals surface area contributed by atoms with Crippen LogP contribution >= 0.6 is 0 Å². The van der Waals surface area contributed by atoms with Crippen molar-refractivity contribution in [2.24, 2.45) is 11.8 Å². The maximum absolute atomic E-state index is 6.08.